The number of hydrogen-bond acceptors (Lipinski definition) is 3. The molecule has 0 saturated heterocycles. The van der Waals surface area contributed by atoms with Crippen molar-refractivity contribution < 1.29 is 8.42 Å². The van der Waals surface area contributed by atoms with E-state index in [0.29, 0.717) is 6.54 Å². The van der Waals surface area contributed by atoms with Crippen LogP contribution in [0.2, 0.25) is 5.02 Å². The number of rotatable bonds is 5. The molecule has 5 nitrogen and oxygen atoms in total. The summed E-state index contributed by atoms with van der Waals surface area (Å²) < 4.78 is 25.8. The number of aromatic nitrogens is 1. The molecule has 0 unspecified atom stereocenters. The Hall–Kier alpha value is -0.850. The maximum atomic E-state index is 11.7. The van der Waals surface area contributed by atoms with Gasteiger partial charge in [-0.15, -0.1) is 0 Å². The zero-order valence-electron chi connectivity index (χ0n) is 8.79. The van der Waals surface area contributed by atoms with Crippen LogP contribution in [0.4, 0.5) is 0 Å². The summed E-state index contributed by atoms with van der Waals surface area (Å²) in [5.74, 6) is 0. The van der Waals surface area contributed by atoms with Crippen LogP contribution in [0.3, 0.4) is 0 Å². The van der Waals surface area contributed by atoms with Crippen LogP contribution in [0.25, 0.3) is 0 Å². The minimum absolute atomic E-state index is 0.0341. The predicted molar refractivity (Wildman–Crippen MR) is 62.2 cm³/mol. The molecule has 7 heteroatoms. The van der Waals surface area contributed by atoms with Gasteiger partial charge in [-0.2, -0.15) is 0 Å². The minimum Gasteiger partial charge on any atom is -0.326 e. The summed E-state index contributed by atoms with van der Waals surface area (Å²) in [5.41, 5.74) is -0.505. The lowest BCUT2D eigenvalue weighted by Crippen LogP contribution is -2.25. The van der Waals surface area contributed by atoms with Crippen molar-refractivity contribution in [2.75, 3.05) is 6.54 Å². The molecule has 2 N–H and O–H groups in total. The number of pyridine rings is 1. The molecular weight excluding hydrogens is 252 g/mol. The molecule has 0 radical (unpaired) electrons. The highest BCUT2D eigenvalue weighted by Gasteiger charge is 2.14. The van der Waals surface area contributed by atoms with Gasteiger partial charge in [0.2, 0.25) is 10.0 Å². The Bertz CT molecular complexity index is 510. The molecule has 0 aromatic carbocycles. The zero-order valence-corrected chi connectivity index (χ0v) is 10.4. The Kier molecular flexibility index (Phi) is 4.52. The van der Waals surface area contributed by atoms with Crippen molar-refractivity contribution in [1.29, 1.82) is 0 Å². The van der Waals surface area contributed by atoms with Gasteiger partial charge in [0, 0.05) is 12.7 Å². The Balaban J connectivity index is 2.90. The molecule has 90 valence electrons. The van der Waals surface area contributed by atoms with Crippen molar-refractivity contribution in [2.24, 2.45) is 0 Å². The van der Waals surface area contributed by atoms with E-state index in [1.807, 2.05) is 6.92 Å². The second kappa shape index (κ2) is 5.47. The first-order valence-electron chi connectivity index (χ1n) is 4.85. The molecule has 0 bridgehead atoms. The first kappa shape index (κ1) is 13.2. The van der Waals surface area contributed by atoms with Gasteiger partial charge in [-0.1, -0.05) is 24.9 Å². The molecule has 1 aromatic heterocycles. The van der Waals surface area contributed by atoms with Crippen LogP contribution in [0.5, 0.6) is 0 Å². The molecule has 0 atom stereocenters. The van der Waals surface area contributed by atoms with Crippen LogP contribution in [0, 0.1) is 0 Å². The summed E-state index contributed by atoms with van der Waals surface area (Å²) in [5, 5.41) is -0.140. The van der Waals surface area contributed by atoms with E-state index in [0.717, 1.165) is 25.1 Å². The standard InChI is InChI=1S/C9H13ClN2O3S/c1-2-3-4-12-16(14,15)7-5-8(10)9(13)11-6-7/h5-6,12H,2-4H2,1H3,(H,11,13). The van der Waals surface area contributed by atoms with E-state index in [4.69, 9.17) is 11.6 Å². The molecular formula is C9H13ClN2O3S. The summed E-state index contributed by atoms with van der Waals surface area (Å²) in [7, 11) is -3.58. The van der Waals surface area contributed by atoms with Crippen LogP contribution in [0.1, 0.15) is 19.8 Å². The summed E-state index contributed by atoms with van der Waals surface area (Å²) in [6, 6.07) is 1.13. The van der Waals surface area contributed by atoms with Gasteiger partial charge in [0.15, 0.2) is 0 Å². The monoisotopic (exact) mass is 264 g/mol. The number of halogens is 1. The number of sulfonamides is 1. The third-order valence-corrected chi connectivity index (χ3v) is 3.69. The SMILES string of the molecule is CCCCNS(=O)(=O)c1c[nH]c(=O)c(Cl)c1. The van der Waals surface area contributed by atoms with Crippen LogP contribution < -0.4 is 10.3 Å². The highest BCUT2D eigenvalue weighted by atomic mass is 35.5. The molecule has 0 saturated carbocycles. The molecule has 1 aromatic rings. The number of hydrogen-bond donors (Lipinski definition) is 2. The summed E-state index contributed by atoms with van der Waals surface area (Å²) in [6.07, 6.45) is 2.79. The normalized spacial score (nSPS) is 11.6. The van der Waals surface area contributed by atoms with Crippen molar-refractivity contribution in [3.8, 4) is 0 Å². The summed E-state index contributed by atoms with van der Waals surface area (Å²) in [6.45, 7) is 2.33. The van der Waals surface area contributed by atoms with E-state index in [1.54, 1.807) is 0 Å². The van der Waals surface area contributed by atoms with Crippen molar-refractivity contribution in [3.63, 3.8) is 0 Å². The lowest BCUT2D eigenvalue weighted by Gasteiger charge is -2.05. The van der Waals surface area contributed by atoms with Crippen molar-refractivity contribution in [3.05, 3.63) is 27.6 Å². The van der Waals surface area contributed by atoms with Gasteiger partial charge in [-0.05, 0) is 12.5 Å². The fraction of sp³-hybridized carbons (Fsp3) is 0.444. The second-order valence-electron chi connectivity index (χ2n) is 3.26. The lowest BCUT2D eigenvalue weighted by atomic mass is 10.3. The van der Waals surface area contributed by atoms with Gasteiger partial charge < -0.3 is 4.98 Å². The van der Waals surface area contributed by atoms with Gasteiger partial charge in [0.05, 0.1) is 4.90 Å². The van der Waals surface area contributed by atoms with E-state index in [-0.39, 0.29) is 9.92 Å². The lowest BCUT2D eigenvalue weighted by molar-refractivity contribution is 0.578. The fourth-order valence-electron chi connectivity index (χ4n) is 1.06. The Morgan fingerprint density at radius 3 is 2.75 bits per heavy atom. The van der Waals surface area contributed by atoms with E-state index in [2.05, 4.69) is 9.71 Å². The van der Waals surface area contributed by atoms with Crippen molar-refractivity contribution in [2.45, 2.75) is 24.7 Å². The number of aromatic amines is 1. The van der Waals surface area contributed by atoms with Crippen molar-refractivity contribution >= 4 is 21.6 Å². The van der Waals surface area contributed by atoms with Crippen molar-refractivity contribution in [1.82, 2.24) is 9.71 Å². The number of nitrogens with one attached hydrogen (secondary N) is 2. The van der Waals surface area contributed by atoms with Crippen LogP contribution in [0.15, 0.2) is 22.0 Å². The van der Waals surface area contributed by atoms with Crippen LogP contribution in [-0.4, -0.2) is 19.9 Å². The second-order valence-corrected chi connectivity index (χ2v) is 5.44. The van der Waals surface area contributed by atoms with Gasteiger partial charge in [-0.25, -0.2) is 13.1 Å². The highest BCUT2D eigenvalue weighted by Crippen LogP contribution is 2.10. The topological polar surface area (TPSA) is 79.0 Å². The maximum absolute atomic E-state index is 11.7. The average molecular weight is 265 g/mol. The summed E-state index contributed by atoms with van der Waals surface area (Å²) in [4.78, 5) is 13.2. The molecule has 0 amide bonds. The predicted octanol–water partition coefficient (Wildman–Crippen LogP) is 1.11. The molecule has 0 spiro atoms. The third kappa shape index (κ3) is 3.33. The van der Waals surface area contributed by atoms with E-state index in [1.165, 1.54) is 0 Å². The number of unbranched alkanes of at least 4 members (excludes halogenated alkanes) is 1. The third-order valence-electron chi connectivity index (χ3n) is 1.96. The van der Waals surface area contributed by atoms with Gasteiger partial charge in [0.1, 0.15) is 5.02 Å². The molecule has 1 rings (SSSR count). The minimum atomic E-state index is -3.58. The Labute approximate surface area is 98.9 Å². The van der Waals surface area contributed by atoms with Gasteiger partial charge >= 0.3 is 0 Å². The smallest absolute Gasteiger partial charge is 0.266 e. The van der Waals surface area contributed by atoms with Crippen LogP contribution >= 0.6 is 11.6 Å². The van der Waals surface area contributed by atoms with E-state index < -0.39 is 15.6 Å². The Morgan fingerprint density at radius 2 is 2.19 bits per heavy atom. The Morgan fingerprint density at radius 1 is 1.50 bits per heavy atom. The summed E-state index contributed by atoms with van der Waals surface area (Å²) >= 11 is 5.55. The van der Waals surface area contributed by atoms with Crippen LogP contribution in [-0.2, 0) is 10.0 Å². The number of H-pyrrole nitrogens is 1. The van der Waals surface area contributed by atoms with E-state index >= 15 is 0 Å². The fourth-order valence-corrected chi connectivity index (χ4v) is 2.36. The first-order chi connectivity index (χ1) is 7.47. The molecule has 0 aliphatic rings. The molecule has 0 fully saturated rings. The highest BCUT2D eigenvalue weighted by molar-refractivity contribution is 7.89. The zero-order chi connectivity index (χ0) is 12.2. The quantitative estimate of drug-likeness (QED) is 0.782. The van der Waals surface area contributed by atoms with E-state index in [9.17, 15) is 13.2 Å². The first-order valence-corrected chi connectivity index (χ1v) is 6.71. The molecule has 1 heterocycles. The average Bonchev–Trinajstić information content (AvgIpc) is 2.22. The van der Waals surface area contributed by atoms with Gasteiger partial charge in [0.25, 0.3) is 5.56 Å². The molecule has 0 aliphatic carbocycles. The molecule has 16 heavy (non-hydrogen) atoms. The molecule has 0 aliphatic heterocycles. The van der Waals surface area contributed by atoms with Gasteiger partial charge in [-0.3, -0.25) is 4.79 Å². The largest absolute Gasteiger partial charge is 0.326 e. The maximum Gasteiger partial charge on any atom is 0.266 e.